The lowest BCUT2D eigenvalue weighted by atomic mass is 10.2. The van der Waals surface area contributed by atoms with E-state index in [2.05, 4.69) is 10.5 Å². The fourth-order valence-electron chi connectivity index (χ4n) is 2.64. The van der Waals surface area contributed by atoms with E-state index in [1.807, 2.05) is 30.3 Å². The number of anilines is 1. The molecule has 0 aliphatic heterocycles. The number of carbonyl (C=O) groups is 1. The second-order valence-electron chi connectivity index (χ2n) is 6.53. The van der Waals surface area contributed by atoms with Crippen LogP contribution in [0.5, 0.6) is 23.0 Å². The van der Waals surface area contributed by atoms with Crippen LogP contribution in [0, 0.1) is 0 Å². The molecule has 0 saturated heterocycles. The normalized spacial score (nSPS) is 11.6. The number of benzene rings is 3. The third-order valence-electron chi connectivity index (χ3n) is 4.30. The first-order valence-electron chi connectivity index (χ1n) is 9.64. The third kappa shape index (κ3) is 6.24. The lowest BCUT2D eigenvalue weighted by Crippen LogP contribution is -2.26. The van der Waals surface area contributed by atoms with E-state index < -0.39 is 6.10 Å². The van der Waals surface area contributed by atoms with Crippen molar-refractivity contribution in [1.29, 1.82) is 0 Å². The lowest BCUT2D eigenvalue weighted by molar-refractivity contribution is -0.126. The Morgan fingerprint density at radius 2 is 1.58 bits per heavy atom. The number of amides is 1. The van der Waals surface area contributed by atoms with Crippen molar-refractivity contribution < 1.29 is 23.8 Å². The summed E-state index contributed by atoms with van der Waals surface area (Å²) in [6.45, 7) is 1.62. The van der Waals surface area contributed by atoms with Gasteiger partial charge in [-0.3, -0.25) is 4.79 Å². The van der Waals surface area contributed by atoms with Crippen LogP contribution < -0.4 is 19.5 Å². The molecular formula is C24H24N2O5. The Kier molecular flexibility index (Phi) is 7.48. The number of carbonyl (C=O) groups excluding carboxylic acids is 1. The number of para-hydroxylation sites is 1. The molecule has 1 N–H and O–H groups in total. The van der Waals surface area contributed by atoms with Crippen LogP contribution in [0.25, 0.3) is 0 Å². The summed E-state index contributed by atoms with van der Waals surface area (Å²) in [6.07, 6.45) is 0.721. The zero-order valence-electron chi connectivity index (χ0n) is 17.6. The van der Waals surface area contributed by atoms with E-state index in [1.54, 1.807) is 63.6 Å². The Balaban J connectivity index is 1.51. The van der Waals surface area contributed by atoms with Crippen LogP contribution in [0.3, 0.4) is 0 Å². The minimum atomic E-state index is -0.781. The maximum Gasteiger partial charge on any atom is 0.267 e. The molecule has 3 aromatic carbocycles. The Labute approximate surface area is 181 Å². The first-order chi connectivity index (χ1) is 15.1. The Morgan fingerprint density at radius 3 is 2.26 bits per heavy atom. The molecule has 0 radical (unpaired) electrons. The number of ether oxygens (including phenoxy) is 3. The molecular weight excluding hydrogens is 396 g/mol. The molecule has 0 aromatic heterocycles. The van der Waals surface area contributed by atoms with E-state index in [4.69, 9.17) is 19.0 Å². The predicted octanol–water partition coefficient (Wildman–Crippen LogP) is 4.87. The molecule has 7 nitrogen and oxygen atoms in total. The van der Waals surface area contributed by atoms with Gasteiger partial charge in [0.15, 0.2) is 11.5 Å². The molecule has 0 aliphatic rings. The van der Waals surface area contributed by atoms with E-state index in [0.29, 0.717) is 22.9 Å². The largest absolute Gasteiger partial charge is 0.493 e. The maximum absolute atomic E-state index is 12.3. The summed E-state index contributed by atoms with van der Waals surface area (Å²) < 4.78 is 16.2. The van der Waals surface area contributed by atoms with Crippen molar-refractivity contribution in [1.82, 2.24) is 0 Å². The van der Waals surface area contributed by atoms with Crippen LogP contribution in [0.2, 0.25) is 0 Å². The van der Waals surface area contributed by atoms with Gasteiger partial charge in [-0.25, -0.2) is 0 Å². The average Bonchev–Trinajstić information content (AvgIpc) is 2.80. The molecule has 0 unspecified atom stereocenters. The number of nitrogens with zero attached hydrogens (tertiary/aromatic N) is 1. The van der Waals surface area contributed by atoms with Gasteiger partial charge in [-0.1, -0.05) is 23.4 Å². The fraction of sp³-hybridized carbons (Fsp3) is 0.167. The summed E-state index contributed by atoms with van der Waals surface area (Å²) in [5.74, 6) is 2.30. The SMILES string of the molecule is COc1ccc(/C=N\O[C@H](C)C(=O)Nc2ccc(Oc3ccccc3)cc2)cc1OC. The lowest BCUT2D eigenvalue weighted by Gasteiger charge is -2.11. The summed E-state index contributed by atoms with van der Waals surface area (Å²) in [5.41, 5.74) is 1.38. The Hall–Kier alpha value is -4.00. The molecule has 1 atom stereocenters. The minimum Gasteiger partial charge on any atom is -0.493 e. The van der Waals surface area contributed by atoms with Gasteiger partial charge in [-0.2, -0.15) is 0 Å². The molecule has 31 heavy (non-hydrogen) atoms. The zero-order chi connectivity index (χ0) is 22.1. The van der Waals surface area contributed by atoms with Crippen molar-refractivity contribution in [3.63, 3.8) is 0 Å². The molecule has 0 fully saturated rings. The molecule has 160 valence electrons. The first kappa shape index (κ1) is 21.7. The van der Waals surface area contributed by atoms with Gasteiger partial charge in [-0.05, 0) is 61.5 Å². The van der Waals surface area contributed by atoms with Crippen molar-refractivity contribution in [3.05, 3.63) is 78.4 Å². The molecule has 3 aromatic rings. The van der Waals surface area contributed by atoms with Crippen LogP contribution in [0.1, 0.15) is 12.5 Å². The van der Waals surface area contributed by atoms with Crippen LogP contribution in [-0.2, 0) is 9.63 Å². The molecule has 0 heterocycles. The fourth-order valence-corrected chi connectivity index (χ4v) is 2.64. The maximum atomic E-state index is 12.3. The number of rotatable bonds is 9. The van der Waals surface area contributed by atoms with Gasteiger partial charge >= 0.3 is 0 Å². The van der Waals surface area contributed by atoms with Gasteiger partial charge in [0.25, 0.3) is 5.91 Å². The summed E-state index contributed by atoms with van der Waals surface area (Å²) in [6, 6.07) is 21.9. The molecule has 3 rings (SSSR count). The molecule has 0 aliphatic carbocycles. The van der Waals surface area contributed by atoms with Gasteiger partial charge in [0.05, 0.1) is 20.4 Å². The van der Waals surface area contributed by atoms with Crippen molar-refractivity contribution >= 4 is 17.8 Å². The number of hydrogen-bond acceptors (Lipinski definition) is 6. The number of nitrogens with one attached hydrogen (secondary N) is 1. The molecule has 1 amide bonds. The smallest absolute Gasteiger partial charge is 0.267 e. The number of hydrogen-bond donors (Lipinski definition) is 1. The summed E-state index contributed by atoms with van der Waals surface area (Å²) in [7, 11) is 3.13. The quantitative estimate of drug-likeness (QED) is 0.395. The van der Waals surface area contributed by atoms with Crippen LogP contribution >= 0.6 is 0 Å². The topological polar surface area (TPSA) is 78.4 Å². The summed E-state index contributed by atoms with van der Waals surface area (Å²) >= 11 is 0. The highest BCUT2D eigenvalue weighted by molar-refractivity contribution is 5.94. The summed E-state index contributed by atoms with van der Waals surface area (Å²) in [4.78, 5) is 17.6. The standard InChI is InChI=1S/C24H24N2O5/c1-17(31-25-16-18-9-14-22(28-2)23(15-18)29-3)24(27)26-19-10-12-21(13-11-19)30-20-7-5-4-6-8-20/h4-17H,1-3H3,(H,26,27)/b25-16-/t17-/m1/s1. The second-order valence-corrected chi connectivity index (χ2v) is 6.53. The van der Waals surface area contributed by atoms with Crippen molar-refractivity contribution in [3.8, 4) is 23.0 Å². The van der Waals surface area contributed by atoms with Gasteiger partial charge in [0, 0.05) is 11.3 Å². The van der Waals surface area contributed by atoms with Crippen molar-refractivity contribution in [2.75, 3.05) is 19.5 Å². The highest BCUT2D eigenvalue weighted by Gasteiger charge is 2.14. The molecule has 7 heteroatoms. The molecule has 0 bridgehead atoms. The molecule has 0 spiro atoms. The third-order valence-corrected chi connectivity index (χ3v) is 4.30. The second kappa shape index (κ2) is 10.7. The number of methoxy groups -OCH3 is 2. The Morgan fingerprint density at radius 1 is 0.903 bits per heavy atom. The minimum absolute atomic E-state index is 0.318. The first-order valence-corrected chi connectivity index (χ1v) is 9.64. The predicted molar refractivity (Wildman–Crippen MR) is 119 cm³/mol. The van der Waals surface area contributed by atoms with Gasteiger partial charge in [0.2, 0.25) is 6.10 Å². The van der Waals surface area contributed by atoms with E-state index in [9.17, 15) is 4.79 Å². The van der Waals surface area contributed by atoms with Gasteiger partial charge in [0.1, 0.15) is 11.5 Å². The van der Waals surface area contributed by atoms with Crippen molar-refractivity contribution in [2.45, 2.75) is 13.0 Å². The highest BCUT2D eigenvalue weighted by atomic mass is 16.6. The van der Waals surface area contributed by atoms with E-state index in [0.717, 1.165) is 11.3 Å². The Bertz CT molecular complexity index is 1020. The zero-order valence-corrected chi connectivity index (χ0v) is 17.6. The highest BCUT2D eigenvalue weighted by Crippen LogP contribution is 2.27. The van der Waals surface area contributed by atoms with Gasteiger partial charge in [-0.15, -0.1) is 0 Å². The summed E-state index contributed by atoms with van der Waals surface area (Å²) in [5, 5.41) is 6.68. The van der Waals surface area contributed by atoms with E-state index in [1.165, 1.54) is 6.21 Å². The van der Waals surface area contributed by atoms with E-state index >= 15 is 0 Å². The van der Waals surface area contributed by atoms with Gasteiger partial charge < -0.3 is 24.4 Å². The molecule has 0 saturated carbocycles. The van der Waals surface area contributed by atoms with E-state index in [-0.39, 0.29) is 5.91 Å². The van der Waals surface area contributed by atoms with Crippen molar-refractivity contribution in [2.24, 2.45) is 5.16 Å². The average molecular weight is 420 g/mol. The number of oxime groups is 1. The monoisotopic (exact) mass is 420 g/mol. The van der Waals surface area contributed by atoms with Crippen LogP contribution in [0.15, 0.2) is 78.0 Å². The van der Waals surface area contributed by atoms with Crippen LogP contribution in [0.4, 0.5) is 5.69 Å². The van der Waals surface area contributed by atoms with Crippen LogP contribution in [-0.4, -0.2) is 32.4 Å².